The van der Waals surface area contributed by atoms with Crippen molar-refractivity contribution >= 4 is 11.7 Å². The fourth-order valence-corrected chi connectivity index (χ4v) is 4.97. The standard InChI is InChI=1S/C16H17NO4/c18-15(21-14-3-1-13(2-4-14)17(19)20)16-8-10-5-11(9-16)7-12(16)6-10/h1-4,10-12H,5-9H2/t10-,11+,12?,16?. The number of hydrogen-bond donors (Lipinski definition) is 0. The Labute approximate surface area is 122 Å². The minimum atomic E-state index is -0.457. The molecule has 4 saturated carbocycles. The van der Waals surface area contributed by atoms with E-state index in [-0.39, 0.29) is 17.1 Å². The fourth-order valence-electron chi connectivity index (χ4n) is 4.97. The average Bonchev–Trinajstić information content (AvgIpc) is 2.85. The fraction of sp³-hybridized carbons (Fsp3) is 0.562. The molecule has 0 amide bonds. The molecule has 1 aromatic rings. The van der Waals surface area contributed by atoms with Gasteiger partial charge in [-0.05, 0) is 62.0 Å². The number of esters is 1. The molecule has 0 radical (unpaired) electrons. The number of carbonyl (C=O) groups excluding carboxylic acids is 1. The number of ether oxygens (including phenoxy) is 1. The summed E-state index contributed by atoms with van der Waals surface area (Å²) in [7, 11) is 0. The zero-order valence-electron chi connectivity index (χ0n) is 11.7. The molecule has 4 aliphatic rings. The molecule has 0 heterocycles. The van der Waals surface area contributed by atoms with E-state index in [0.717, 1.165) is 12.8 Å². The molecule has 1 aromatic carbocycles. The van der Waals surface area contributed by atoms with E-state index in [4.69, 9.17) is 4.74 Å². The van der Waals surface area contributed by atoms with Crippen LogP contribution in [0.3, 0.4) is 0 Å². The number of nitro benzene ring substituents is 1. The molecule has 2 unspecified atom stereocenters. The Morgan fingerprint density at radius 1 is 1.14 bits per heavy atom. The summed E-state index contributed by atoms with van der Waals surface area (Å²) < 4.78 is 5.55. The van der Waals surface area contributed by atoms with Gasteiger partial charge in [0.15, 0.2) is 0 Å². The van der Waals surface area contributed by atoms with Crippen molar-refractivity contribution in [3.63, 3.8) is 0 Å². The second kappa shape index (κ2) is 4.29. The molecule has 5 heteroatoms. The first kappa shape index (κ1) is 12.8. The van der Waals surface area contributed by atoms with Gasteiger partial charge in [-0.25, -0.2) is 0 Å². The number of non-ortho nitro benzene ring substituents is 1. The molecule has 0 aliphatic heterocycles. The van der Waals surface area contributed by atoms with Gasteiger partial charge in [0.25, 0.3) is 5.69 Å². The van der Waals surface area contributed by atoms with E-state index >= 15 is 0 Å². The normalized spacial score (nSPS) is 35.9. The number of benzene rings is 1. The molecule has 4 atom stereocenters. The highest BCUT2D eigenvalue weighted by Gasteiger charge is 2.62. The van der Waals surface area contributed by atoms with Gasteiger partial charge < -0.3 is 4.74 Å². The van der Waals surface area contributed by atoms with Crippen molar-refractivity contribution in [2.24, 2.45) is 23.2 Å². The molecular weight excluding hydrogens is 270 g/mol. The smallest absolute Gasteiger partial charge is 0.317 e. The monoisotopic (exact) mass is 287 g/mol. The Balaban J connectivity index is 1.52. The van der Waals surface area contributed by atoms with Crippen LogP contribution in [-0.4, -0.2) is 10.9 Å². The van der Waals surface area contributed by atoms with Crippen LogP contribution in [-0.2, 0) is 4.79 Å². The highest BCUT2D eigenvalue weighted by molar-refractivity contribution is 5.81. The van der Waals surface area contributed by atoms with Crippen molar-refractivity contribution < 1.29 is 14.5 Å². The summed E-state index contributed by atoms with van der Waals surface area (Å²) in [5, 5.41) is 10.6. The molecule has 110 valence electrons. The molecule has 5 nitrogen and oxygen atoms in total. The summed E-state index contributed by atoms with van der Waals surface area (Å²) in [6.07, 6.45) is 5.57. The third kappa shape index (κ3) is 1.87. The third-order valence-corrected chi connectivity index (χ3v) is 5.65. The van der Waals surface area contributed by atoms with E-state index in [1.54, 1.807) is 0 Å². The van der Waals surface area contributed by atoms with Crippen molar-refractivity contribution in [3.05, 3.63) is 34.4 Å². The quantitative estimate of drug-likeness (QED) is 0.370. The lowest BCUT2D eigenvalue weighted by atomic mass is 9.75. The molecule has 4 fully saturated rings. The van der Waals surface area contributed by atoms with Gasteiger partial charge in [-0.3, -0.25) is 14.9 Å². The largest absolute Gasteiger partial charge is 0.426 e. The summed E-state index contributed by atoms with van der Waals surface area (Å²) in [6.45, 7) is 0. The first-order valence-electron chi connectivity index (χ1n) is 7.53. The van der Waals surface area contributed by atoms with E-state index in [2.05, 4.69) is 0 Å². The Morgan fingerprint density at radius 3 is 2.33 bits per heavy atom. The van der Waals surface area contributed by atoms with Crippen LogP contribution in [0.2, 0.25) is 0 Å². The molecular formula is C16H17NO4. The van der Waals surface area contributed by atoms with Gasteiger partial charge in [0, 0.05) is 12.1 Å². The average molecular weight is 287 g/mol. The van der Waals surface area contributed by atoms with Crippen molar-refractivity contribution in [1.29, 1.82) is 0 Å². The summed E-state index contributed by atoms with van der Waals surface area (Å²) in [4.78, 5) is 22.8. The molecule has 4 aliphatic carbocycles. The summed E-state index contributed by atoms with van der Waals surface area (Å²) in [5.74, 6) is 2.18. The second-order valence-electron chi connectivity index (χ2n) is 6.84. The zero-order chi connectivity index (χ0) is 14.6. The maximum Gasteiger partial charge on any atom is 0.317 e. The highest BCUT2D eigenvalue weighted by atomic mass is 16.6. The van der Waals surface area contributed by atoms with Crippen LogP contribution in [0.5, 0.6) is 5.75 Å². The summed E-state index contributed by atoms with van der Waals surface area (Å²) in [5.41, 5.74) is -0.260. The zero-order valence-corrected chi connectivity index (χ0v) is 11.7. The van der Waals surface area contributed by atoms with Crippen molar-refractivity contribution in [1.82, 2.24) is 0 Å². The number of hydrogen-bond acceptors (Lipinski definition) is 4. The number of rotatable bonds is 3. The van der Waals surface area contributed by atoms with Gasteiger partial charge in [0.05, 0.1) is 10.3 Å². The lowest BCUT2D eigenvalue weighted by molar-refractivity contribution is -0.384. The Morgan fingerprint density at radius 2 is 1.76 bits per heavy atom. The summed E-state index contributed by atoms with van der Waals surface area (Å²) >= 11 is 0. The molecule has 0 saturated heterocycles. The van der Waals surface area contributed by atoms with Gasteiger partial charge in [-0.1, -0.05) is 0 Å². The number of carbonyl (C=O) groups is 1. The SMILES string of the molecule is O=C(Oc1ccc([N+](=O)[O-])cc1)C12C[C@@H]3CC1C[C@@H](C3)C2. The number of nitrogens with zero attached hydrogens (tertiary/aromatic N) is 1. The molecule has 0 spiro atoms. The minimum absolute atomic E-state index is 0.00816. The molecule has 21 heavy (non-hydrogen) atoms. The molecule has 4 bridgehead atoms. The van der Waals surface area contributed by atoms with E-state index in [1.807, 2.05) is 0 Å². The number of nitro groups is 1. The van der Waals surface area contributed by atoms with E-state index < -0.39 is 4.92 Å². The van der Waals surface area contributed by atoms with Crippen LogP contribution in [0.4, 0.5) is 5.69 Å². The predicted molar refractivity (Wildman–Crippen MR) is 74.7 cm³/mol. The van der Waals surface area contributed by atoms with Gasteiger partial charge >= 0.3 is 5.97 Å². The third-order valence-electron chi connectivity index (χ3n) is 5.65. The van der Waals surface area contributed by atoms with Crippen LogP contribution in [0.1, 0.15) is 32.1 Å². The van der Waals surface area contributed by atoms with Crippen LogP contribution in [0.15, 0.2) is 24.3 Å². The van der Waals surface area contributed by atoms with E-state index in [0.29, 0.717) is 23.5 Å². The first-order chi connectivity index (χ1) is 10.1. The van der Waals surface area contributed by atoms with Crippen molar-refractivity contribution in [2.75, 3.05) is 0 Å². The van der Waals surface area contributed by atoms with Crippen LogP contribution >= 0.6 is 0 Å². The van der Waals surface area contributed by atoms with E-state index in [1.165, 1.54) is 43.5 Å². The second-order valence-corrected chi connectivity index (χ2v) is 6.84. The molecule has 0 aromatic heterocycles. The lowest BCUT2D eigenvalue weighted by Crippen LogP contribution is -2.36. The topological polar surface area (TPSA) is 69.4 Å². The van der Waals surface area contributed by atoms with Crippen molar-refractivity contribution in [2.45, 2.75) is 32.1 Å². The van der Waals surface area contributed by atoms with Gasteiger partial charge in [-0.15, -0.1) is 0 Å². The lowest BCUT2D eigenvalue weighted by Gasteiger charge is -2.30. The maximum atomic E-state index is 12.6. The summed E-state index contributed by atoms with van der Waals surface area (Å²) in [6, 6.07) is 5.76. The minimum Gasteiger partial charge on any atom is -0.426 e. The predicted octanol–water partition coefficient (Wildman–Crippen LogP) is 3.33. The Bertz CT molecular complexity index is 595. The molecule has 5 rings (SSSR count). The van der Waals surface area contributed by atoms with Crippen molar-refractivity contribution in [3.8, 4) is 5.75 Å². The van der Waals surface area contributed by atoms with Crippen LogP contribution in [0, 0.1) is 33.3 Å². The van der Waals surface area contributed by atoms with Crippen LogP contribution in [0.25, 0.3) is 0 Å². The van der Waals surface area contributed by atoms with Gasteiger partial charge in [0.1, 0.15) is 5.75 Å². The highest BCUT2D eigenvalue weighted by Crippen LogP contribution is 2.65. The Hall–Kier alpha value is -1.91. The molecule has 0 N–H and O–H groups in total. The van der Waals surface area contributed by atoms with Gasteiger partial charge in [-0.2, -0.15) is 0 Å². The van der Waals surface area contributed by atoms with Crippen LogP contribution < -0.4 is 4.74 Å². The van der Waals surface area contributed by atoms with Gasteiger partial charge in [0.2, 0.25) is 0 Å². The first-order valence-corrected chi connectivity index (χ1v) is 7.53. The maximum absolute atomic E-state index is 12.6. The Kier molecular flexibility index (Phi) is 2.62. The van der Waals surface area contributed by atoms with E-state index in [9.17, 15) is 14.9 Å².